The molecule has 1 fully saturated rings. The molecule has 0 bridgehead atoms. The molecule has 5 rings (SSSR count). The highest BCUT2D eigenvalue weighted by molar-refractivity contribution is 5.95. The second-order valence-electron chi connectivity index (χ2n) is 8.23. The number of alkyl halides is 2. The number of piperidine rings is 1. The van der Waals surface area contributed by atoms with Gasteiger partial charge in [0.05, 0.1) is 12.1 Å². The lowest BCUT2D eigenvalue weighted by molar-refractivity contribution is -0.0921. The number of pyridine rings is 2. The van der Waals surface area contributed by atoms with Crippen molar-refractivity contribution in [1.82, 2.24) is 24.1 Å². The molecular formula is C21H22F2N6O3. The standard InChI is InChI=1S/C21H22F2N6O3/c1-13-12-27(6-4-21(13,22)23)19(30)14-9-16-18(24-11-14)28(7-8-32-16)15-3-5-29-17(10-15)25-26(2)20(29)31/h3,5,9-11,13H,4,6-8,12H2,1-2H3. The molecular weight excluding hydrogens is 422 g/mol. The zero-order chi connectivity index (χ0) is 22.6. The fourth-order valence-electron chi connectivity index (χ4n) is 4.16. The van der Waals surface area contributed by atoms with E-state index in [1.165, 1.54) is 27.1 Å². The van der Waals surface area contributed by atoms with Gasteiger partial charge >= 0.3 is 5.69 Å². The van der Waals surface area contributed by atoms with Gasteiger partial charge in [0.15, 0.2) is 17.2 Å². The lowest BCUT2D eigenvalue weighted by atomic mass is 9.95. The molecule has 2 aliphatic rings. The Morgan fingerprint density at radius 2 is 2.09 bits per heavy atom. The molecule has 5 heterocycles. The Morgan fingerprint density at radius 3 is 2.88 bits per heavy atom. The topological polar surface area (TPSA) is 85.0 Å². The molecule has 1 amide bonds. The largest absolute Gasteiger partial charge is 0.488 e. The third kappa shape index (κ3) is 3.28. The van der Waals surface area contributed by atoms with Gasteiger partial charge in [-0.3, -0.25) is 9.20 Å². The number of nitrogens with zero attached hydrogens (tertiary/aromatic N) is 6. The van der Waals surface area contributed by atoms with Crippen LogP contribution in [0.3, 0.4) is 0 Å². The van der Waals surface area contributed by atoms with Gasteiger partial charge in [-0.2, -0.15) is 5.10 Å². The molecule has 2 aliphatic heterocycles. The molecule has 32 heavy (non-hydrogen) atoms. The first kappa shape index (κ1) is 20.4. The molecule has 0 spiro atoms. The number of hydrogen-bond acceptors (Lipinski definition) is 6. The van der Waals surface area contributed by atoms with Crippen molar-refractivity contribution in [2.24, 2.45) is 13.0 Å². The van der Waals surface area contributed by atoms with E-state index in [4.69, 9.17) is 4.74 Å². The Labute approximate surface area is 181 Å². The molecule has 0 N–H and O–H groups in total. The number of ether oxygens (including phenoxy) is 1. The van der Waals surface area contributed by atoms with Gasteiger partial charge in [-0.1, -0.05) is 6.92 Å². The minimum atomic E-state index is -2.76. The van der Waals surface area contributed by atoms with Crippen LogP contribution in [0.25, 0.3) is 5.65 Å². The number of anilines is 2. The van der Waals surface area contributed by atoms with E-state index in [-0.39, 0.29) is 31.1 Å². The van der Waals surface area contributed by atoms with Crippen LogP contribution in [0.1, 0.15) is 23.7 Å². The Morgan fingerprint density at radius 1 is 1.28 bits per heavy atom. The van der Waals surface area contributed by atoms with E-state index in [9.17, 15) is 18.4 Å². The summed E-state index contributed by atoms with van der Waals surface area (Å²) in [7, 11) is 1.59. The van der Waals surface area contributed by atoms with Crippen molar-refractivity contribution in [3.8, 4) is 5.75 Å². The van der Waals surface area contributed by atoms with Crippen molar-refractivity contribution in [3.05, 3.63) is 46.6 Å². The van der Waals surface area contributed by atoms with Gasteiger partial charge in [0.2, 0.25) is 0 Å². The zero-order valence-electron chi connectivity index (χ0n) is 17.7. The third-order valence-electron chi connectivity index (χ3n) is 6.09. The Balaban J connectivity index is 1.43. The fraction of sp³-hybridized carbons (Fsp3) is 0.429. The average Bonchev–Trinajstić information content (AvgIpc) is 3.07. The van der Waals surface area contributed by atoms with Crippen molar-refractivity contribution in [3.63, 3.8) is 0 Å². The monoisotopic (exact) mass is 444 g/mol. The van der Waals surface area contributed by atoms with Crippen molar-refractivity contribution in [1.29, 1.82) is 0 Å². The summed E-state index contributed by atoms with van der Waals surface area (Å²) in [4.78, 5) is 32.8. The van der Waals surface area contributed by atoms with Crippen molar-refractivity contribution < 1.29 is 18.3 Å². The Hall–Kier alpha value is -3.50. The van der Waals surface area contributed by atoms with Crippen LogP contribution in [0.5, 0.6) is 5.75 Å². The van der Waals surface area contributed by atoms with Crippen LogP contribution in [0.15, 0.2) is 35.4 Å². The van der Waals surface area contributed by atoms with Gasteiger partial charge in [0.25, 0.3) is 11.8 Å². The molecule has 1 saturated heterocycles. The van der Waals surface area contributed by atoms with Crippen LogP contribution in [-0.2, 0) is 7.05 Å². The number of aryl methyl sites for hydroxylation is 1. The van der Waals surface area contributed by atoms with E-state index in [0.29, 0.717) is 35.9 Å². The van der Waals surface area contributed by atoms with E-state index in [0.717, 1.165) is 5.69 Å². The van der Waals surface area contributed by atoms with E-state index < -0.39 is 11.8 Å². The number of rotatable bonds is 2. The first-order chi connectivity index (χ1) is 15.2. The predicted molar refractivity (Wildman–Crippen MR) is 112 cm³/mol. The minimum Gasteiger partial charge on any atom is -0.488 e. The number of carbonyl (C=O) groups is 1. The third-order valence-corrected chi connectivity index (χ3v) is 6.09. The molecule has 11 heteroatoms. The van der Waals surface area contributed by atoms with Crippen LogP contribution >= 0.6 is 0 Å². The number of fused-ring (bicyclic) bond motifs is 2. The maximum Gasteiger partial charge on any atom is 0.350 e. The highest BCUT2D eigenvalue weighted by Gasteiger charge is 2.42. The van der Waals surface area contributed by atoms with Crippen LogP contribution < -0.4 is 15.3 Å². The lowest BCUT2D eigenvalue weighted by Crippen LogP contribution is -2.48. The van der Waals surface area contributed by atoms with Gasteiger partial charge in [-0.05, 0) is 12.1 Å². The highest BCUT2D eigenvalue weighted by Crippen LogP contribution is 2.37. The number of amides is 1. The summed E-state index contributed by atoms with van der Waals surface area (Å²) < 4.78 is 36.0. The van der Waals surface area contributed by atoms with Crippen molar-refractivity contribution in [2.45, 2.75) is 19.3 Å². The number of aromatic nitrogens is 4. The van der Waals surface area contributed by atoms with Crippen LogP contribution in [0.2, 0.25) is 0 Å². The average molecular weight is 444 g/mol. The maximum atomic E-state index is 13.8. The Kier molecular flexibility index (Phi) is 4.64. The molecule has 0 radical (unpaired) electrons. The summed E-state index contributed by atoms with van der Waals surface area (Å²) in [6.45, 7) is 2.36. The summed E-state index contributed by atoms with van der Waals surface area (Å²) in [6.07, 6.45) is 2.76. The van der Waals surface area contributed by atoms with E-state index in [2.05, 4.69) is 10.1 Å². The number of hydrogen-bond donors (Lipinski definition) is 0. The quantitative estimate of drug-likeness (QED) is 0.602. The fourth-order valence-corrected chi connectivity index (χ4v) is 4.16. The summed E-state index contributed by atoms with van der Waals surface area (Å²) in [5.41, 5.74) is 1.35. The van der Waals surface area contributed by atoms with Gasteiger partial charge in [0.1, 0.15) is 6.61 Å². The highest BCUT2D eigenvalue weighted by atomic mass is 19.3. The van der Waals surface area contributed by atoms with E-state index in [1.54, 1.807) is 31.4 Å². The predicted octanol–water partition coefficient (Wildman–Crippen LogP) is 2.08. The second kappa shape index (κ2) is 7.28. The zero-order valence-corrected chi connectivity index (χ0v) is 17.7. The van der Waals surface area contributed by atoms with Crippen molar-refractivity contribution in [2.75, 3.05) is 31.1 Å². The van der Waals surface area contributed by atoms with Gasteiger partial charge in [-0.25, -0.2) is 23.2 Å². The molecule has 0 aliphatic carbocycles. The van der Waals surface area contributed by atoms with E-state index >= 15 is 0 Å². The van der Waals surface area contributed by atoms with Gasteiger partial charge in [-0.15, -0.1) is 0 Å². The SMILES string of the molecule is CC1CN(C(=O)c2cnc3c(c2)OCCN3c2ccn3c(=O)n(C)nc3c2)CCC1(F)F. The van der Waals surface area contributed by atoms with Crippen LogP contribution in [-0.4, -0.2) is 62.1 Å². The first-order valence-corrected chi connectivity index (χ1v) is 10.4. The molecule has 3 aromatic heterocycles. The number of likely N-dealkylation sites (tertiary alicyclic amines) is 1. The molecule has 3 aromatic rings. The van der Waals surface area contributed by atoms with E-state index in [1.807, 2.05) is 4.90 Å². The summed E-state index contributed by atoms with van der Waals surface area (Å²) >= 11 is 0. The molecule has 0 aromatic carbocycles. The molecule has 1 atom stereocenters. The Bertz CT molecular complexity index is 1270. The molecule has 9 nitrogen and oxygen atoms in total. The van der Waals surface area contributed by atoms with Gasteiger partial charge < -0.3 is 14.5 Å². The maximum absolute atomic E-state index is 13.8. The normalized spacial score (nSPS) is 20.2. The van der Waals surface area contributed by atoms with Crippen LogP contribution in [0, 0.1) is 5.92 Å². The van der Waals surface area contributed by atoms with Crippen molar-refractivity contribution >= 4 is 23.1 Å². The number of halogens is 2. The number of carbonyl (C=O) groups excluding carboxylic acids is 1. The summed E-state index contributed by atoms with van der Waals surface area (Å²) in [5, 5.41) is 4.21. The molecule has 168 valence electrons. The smallest absolute Gasteiger partial charge is 0.350 e. The second-order valence-corrected chi connectivity index (χ2v) is 8.23. The summed E-state index contributed by atoms with van der Waals surface area (Å²) in [6, 6.07) is 5.19. The first-order valence-electron chi connectivity index (χ1n) is 10.4. The van der Waals surface area contributed by atoms with Gasteiger partial charge in [0, 0.05) is 56.6 Å². The minimum absolute atomic E-state index is 0.000636. The molecule has 0 saturated carbocycles. The molecule has 1 unspecified atom stereocenters. The lowest BCUT2D eigenvalue weighted by Gasteiger charge is -2.36. The van der Waals surface area contributed by atoms with Crippen LogP contribution in [0.4, 0.5) is 20.3 Å². The summed E-state index contributed by atoms with van der Waals surface area (Å²) in [5.74, 6) is -3.01.